The second-order valence-corrected chi connectivity index (χ2v) is 5.01. The van der Waals surface area contributed by atoms with Crippen LogP contribution in [-0.4, -0.2) is 27.4 Å². The molecule has 0 unspecified atom stereocenters. The first-order chi connectivity index (χ1) is 10.2. The molecule has 0 aliphatic rings. The molecule has 0 fully saturated rings. The maximum absolute atomic E-state index is 10.1. The van der Waals surface area contributed by atoms with Gasteiger partial charge in [0.1, 0.15) is 18.2 Å². The van der Waals surface area contributed by atoms with Gasteiger partial charge < -0.3 is 18.8 Å². The molecule has 0 saturated heterocycles. The Hall–Kier alpha value is -2.11. The van der Waals surface area contributed by atoms with Gasteiger partial charge in [-0.25, -0.2) is 4.98 Å². The number of aromatic nitrogens is 2. The topological polar surface area (TPSA) is 60.4 Å². The highest BCUT2D eigenvalue weighted by Gasteiger charge is 2.12. The number of rotatable bonds is 6. The Balaban J connectivity index is 1.60. The van der Waals surface area contributed by atoms with E-state index in [9.17, 15) is 5.11 Å². The van der Waals surface area contributed by atoms with E-state index in [4.69, 9.17) is 9.15 Å². The van der Waals surface area contributed by atoms with Crippen LogP contribution in [0, 0.1) is 6.92 Å². The van der Waals surface area contributed by atoms with Gasteiger partial charge in [-0.2, -0.15) is 0 Å². The first-order valence-electron chi connectivity index (χ1n) is 6.94. The van der Waals surface area contributed by atoms with Crippen LogP contribution in [0.4, 0.5) is 0 Å². The molecule has 0 amide bonds. The number of aliphatic hydroxyl groups excluding tert-OH is 1. The van der Waals surface area contributed by atoms with E-state index in [1.807, 2.05) is 47.9 Å². The van der Waals surface area contributed by atoms with E-state index in [1.54, 1.807) is 6.26 Å². The first kappa shape index (κ1) is 13.9. The number of fused-ring (bicyclic) bond motifs is 1. The molecule has 1 N–H and O–H groups in total. The normalized spacial score (nSPS) is 12.9. The summed E-state index contributed by atoms with van der Waals surface area (Å²) in [6, 6.07) is 11.6. The number of furan rings is 1. The Bertz CT molecular complexity index is 703. The minimum atomic E-state index is -0.587. The van der Waals surface area contributed by atoms with Crippen molar-refractivity contribution in [2.24, 2.45) is 0 Å². The summed E-state index contributed by atoms with van der Waals surface area (Å²) in [6.07, 6.45) is 1.02. The highest BCUT2D eigenvalue weighted by atomic mass is 16.5. The Morgan fingerprint density at radius 1 is 1.29 bits per heavy atom. The van der Waals surface area contributed by atoms with Crippen LogP contribution in [0.25, 0.3) is 11.0 Å². The monoisotopic (exact) mass is 286 g/mol. The van der Waals surface area contributed by atoms with Crippen molar-refractivity contribution >= 4 is 11.0 Å². The van der Waals surface area contributed by atoms with Crippen molar-refractivity contribution in [1.29, 1.82) is 0 Å². The lowest BCUT2D eigenvalue weighted by atomic mass is 10.3. The Kier molecular flexibility index (Phi) is 4.03. The average Bonchev–Trinajstić information content (AvgIpc) is 3.08. The van der Waals surface area contributed by atoms with Gasteiger partial charge in [-0.05, 0) is 31.2 Å². The number of benzene rings is 1. The van der Waals surface area contributed by atoms with Crippen molar-refractivity contribution < 1.29 is 14.3 Å². The smallest absolute Gasteiger partial charge is 0.129 e. The summed E-state index contributed by atoms with van der Waals surface area (Å²) in [5.74, 6) is 1.65. The molecule has 0 spiro atoms. The molecular formula is C16H18N2O3. The van der Waals surface area contributed by atoms with Crippen LogP contribution < -0.4 is 0 Å². The molecule has 21 heavy (non-hydrogen) atoms. The van der Waals surface area contributed by atoms with Gasteiger partial charge in [0.2, 0.25) is 0 Å². The molecule has 1 aromatic carbocycles. The van der Waals surface area contributed by atoms with E-state index < -0.39 is 6.10 Å². The zero-order valence-electron chi connectivity index (χ0n) is 11.9. The van der Waals surface area contributed by atoms with E-state index in [1.165, 1.54) is 0 Å². The Morgan fingerprint density at radius 3 is 2.95 bits per heavy atom. The van der Waals surface area contributed by atoms with Gasteiger partial charge >= 0.3 is 0 Å². The van der Waals surface area contributed by atoms with Crippen LogP contribution in [0.2, 0.25) is 0 Å². The van der Waals surface area contributed by atoms with E-state index in [2.05, 4.69) is 4.98 Å². The standard InChI is InChI=1S/C16H18N2O3/c1-12-17-15-6-2-3-7-16(15)18(12)9-13(19)10-20-11-14-5-4-8-21-14/h2-8,13,19H,9-11H2,1H3/t13-/m1/s1. The third-order valence-corrected chi connectivity index (χ3v) is 3.37. The molecule has 3 rings (SSSR count). The highest BCUT2D eigenvalue weighted by molar-refractivity contribution is 5.75. The molecule has 3 aromatic rings. The summed E-state index contributed by atoms with van der Waals surface area (Å²) in [4.78, 5) is 4.48. The molecule has 0 aliphatic heterocycles. The summed E-state index contributed by atoms with van der Waals surface area (Å²) < 4.78 is 12.6. The van der Waals surface area contributed by atoms with Gasteiger partial charge in [-0.1, -0.05) is 12.1 Å². The molecule has 2 heterocycles. The quantitative estimate of drug-likeness (QED) is 0.756. The zero-order valence-corrected chi connectivity index (χ0v) is 11.9. The number of hydrogen-bond acceptors (Lipinski definition) is 4. The molecular weight excluding hydrogens is 268 g/mol. The summed E-state index contributed by atoms with van der Waals surface area (Å²) in [5, 5.41) is 10.1. The van der Waals surface area contributed by atoms with Crippen molar-refractivity contribution in [1.82, 2.24) is 9.55 Å². The van der Waals surface area contributed by atoms with Crippen LogP contribution in [-0.2, 0) is 17.9 Å². The molecule has 5 nitrogen and oxygen atoms in total. The summed E-state index contributed by atoms with van der Waals surface area (Å²) in [5.41, 5.74) is 1.97. The number of para-hydroxylation sites is 2. The third kappa shape index (κ3) is 3.15. The van der Waals surface area contributed by atoms with Gasteiger partial charge in [-0.15, -0.1) is 0 Å². The van der Waals surface area contributed by atoms with Gasteiger partial charge in [-0.3, -0.25) is 0 Å². The SMILES string of the molecule is Cc1nc2ccccc2n1C[C@@H](O)COCc1ccco1. The third-order valence-electron chi connectivity index (χ3n) is 3.37. The molecule has 0 radical (unpaired) electrons. The molecule has 110 valence electrons. The average molecular weight is 286 g/mol. The Morgan fingerprint density at radius 2 is 2.14 bits per heavy atom. The molecule has 0 saturated carbocycles. The van der Waals surface area contributed by atoms with Gasteiger partial charge in [0.05, 0.1) is 36.6 Å². The fourth-order valence-corrected chi connectivity index (χ4v) is 2.38. The first-order valence-corrected chi connectivity index (χ1v) is 6.94. The summed E-state index contributed by atoms with van der Waals surface area (Å²) in [6.45, 7) is 3.03. The minimum absolute atomic E-state index is 0.257. The zero-order chi connectivity index (χ0) is 14.7. The maximum atomic E-state index is 10.1. The van der Waals surface area contributed by atoms with E-state index >= 15 is 0 Å². The van der Waals surface area contributed by atoms with E-state index in [-0.39, 0.29) is 6.61 Å². The lowest BCUT2D eigenvalue weighted by Gasteiger charge is -2.13. The fourth-order valence-electron chi connectivity index (χ4n) is 2.38. The van der Waals surface area contributed by atoms with Crippen molar-refractivity contribution in [2.75, 3.05) is 6.61 Å². The van der Waals surface area contributed by atoms with Crippen LogP contribution in [0.1, 0.15) is 11.6 Å². The summed E-state index contributed by atoms with van der Waals surface area (Å²) >= 11 is 0. The number of aliphatic hydroxyl groups is 1. The number of nitrogens with zero attached hydrogens (tertiary/aromatic N) is 2. The number of aryl methyl sites for hydroxylation is 1. The fraction of sp³-hybridized carbons (Fsp3) is 0.312. The van der Waals surface area contributed by atoms with Crippen LogP contribution in [0.15, 0.2) is 47.1 Å². The van der Waals surface area contributed by atoms with E-state index in [0.717, 1.165) is 22.6 Å². The second kappa shape index (κ2) is 6.11. The second-order valence-electron chi connectivity index (χ2n) is 5.01. The number of hydrogen-bond donors (Lipinski definition) is 1. The lowest BCUT2D eigenvalue weighted by molar-refractivity contribution is 0.0149. The van der Waals surface area contributed by atoms with Crippen molar-refractivity contribution in [3.63, 3.8) is 0 Å². The van der Waals surface area contributed by atoms with Gasteiger partial charge in [0.15, 0.2) is 0 Å². The van der Waals surface area contributed by atoms with Gasteiger partial charge in [0, 0.05) is 0 Å². The largest absolute Gasteiger partial charge is 0.467 e. The number of ether oxygens (including phenoxy) is 1. The molecule has 0 bridgehead atoms. The lowest BCUT2D eigenvalue weighted by Crippen LogP contribution is -2.22. The van der Waals surface area contributed by atoms with E-state index in [0.29, 0.717) is 13.2 Å². The van der Waals surface area contributed by atoms with Crippen molar-refractivity contribution in [3.05, 3.63) is 54.2 Å². The van der Waals surface area contributed by atoms with Crippen LogP contribution in [0.3, 0.4) is 0 Å². The predicted octanol–water partition coefficient (Wildman–Crippen LogP) is 2.52. The van der Waals surface area contributed by atoms with Crippen molar-refractivity contribution in [2.45, 2.75) is 26.2 Å². The Labute approximate surface area is 122 Å². The molecule has 5 heteroatoms. The van der Waals surface area contributed by atoms with Crippen molar-refractivity contribution in [3.8, 4) is 0 Å². The van der Waals surface area contributed by atoms with Crippen LogP contribution in [0.5, 0.6) is 0 Å². The van der Waals surface area contributed by atoms with Crippen LogP contribution >= 0.6 is 0 Å². The minimum Gasteiger partial charge on any atom is -0.467 e. The summed E-state index contributed by atoms with van der Waals surface area (Å²) in [7, 11) is 0. The van der Waals surface area contributed by atoms with Gasteiger partial charge in [0.25, 0.3) is 0 Å². The molecule has 1 atom stereocenters. The highest BCUT2D eigenvalue weighted by Crippen LogP contribution is 2.16. The molecule has 0 aliphatic carbocycles. The molecule has 2 aromatic heterocycles. The number of imidazole rings is 1. The maximum Gasteiger partial charge on any atom is 0.129 e. The predicted molar refractivity (Wildman–Crippen MR) is 78.8 cm³/mol.